The van der Waals surface area contributed by atoms with Gasteiger partial charge in [0.15, 0.2) is 0 Å². The van der Waals surface area contributed by atoms with Crippen molar-refractivity contribution >= 4 is 16.7 Å². The SMILES string of the molecule is C=C/C=C(\NC)c1cnc2[nH]cc(-c3ccccc3OC)c2c1. The van der Waals surface area contributed by atoms with Crippen LogP contribution >= 0.6 is 0 Å². The van der Waals surface area contributed by atoms with Crippen molar-refractivity contribution in [2.75, 3.05) is 14.2 Å². The van der Waals surface area contributed by atoms with Crippen LogP contribution in [0.1, 0.15) is 5.56 Å². The smallest absolute Gasteiger partial charge is 0.137 e. The average molecular weight is 305 g/mol. The summed E-state index contributed by atoms with van der Waals surface area (Å²) in [5, 5.41) is 4.23. The van der Waals surface area contributed by atoms with Crippen LogP contribution in [-0.2, 0) is 0 Å². The summed E-state index contributed by atoms with van der Waals surface area (Å²) in [6, 6.07) is 10.1. The minimum atomic E-state index is 0.842. The van der Waals surface area contributed by atoms with Crippen LogP contribution < -0.4 is 10.1 Å². The molecule has 0 bridgehead atoms. The third kappa shape index (κ3) is 2.71. The molecule has 0 amide bonds. The Hall–Kier alpha value is -3.01. The first-order valence-electron chi connectivity index (χ1n) is 7.40. The first-order chi connectivity index (χ1) is 11.3. The highest BCUT2D eigenvalue weighted by molar-refractivity contribution is 5.96. The van der Waals surface area contributed by atoms with Gasteiger partial charge < -0.3 is 15.0 Å². The van der Waals surface area contributed by atoms with E-state index < -0.39 is 0 Å². The second-order valence-electron chi connectivity index (χ2n) is 5.09. The lowest BCUT2D eigenvalue weighted by molar-refractivity contribution is 0.416. The maximum atomic E-state index is 5.48. The molecule has 0 atom stereocenters. The number of methoxy groups -OCH3 is 1. The number of aromatic nitrogens is 2. The zero-order valence-electron chi connectivity index (χ0n) is 13.3. The quantitative estimate of drug-likeness (QED) is 0.701. The predicted molar refractivity (Wildman–Crippen MR) is 95.3 cm³/mol. The Labute approximate surface area is 135 Å². The van der Waals surface area contributed by atoms with Crippen molar-refractivity contribution in [3.63, 3.8) is 0 Å². The number of nitrogens with zero attached hydrogens (tertiary/aromatic N) is 1. The van der Waals surface area contributed by atoms with E-state index in [1.54, 1.807) is 13.2 Å². The van der Waals surface area contributed by atoms with Gasteiger partial charge >= 0.3 is 0 Å². The molecule has 0 aliphatic heterocycles. The highest BCUT2D eigenvalue weighted by Gasteiger charge is 2.12. The maximum absolute atomic E-state index is 5.48. The van der Waals surface area contributed by atoms with Crippen molar-refractivity contribution in [3.8, 4) is 16.9 Å². The fraction of sp³-hybridized carbons (Fsp3) is 0.105. The van der Waals surface area contributed by atoms with Gasteiger partial charge in [-0.3, -0.25) is 0 Å². The van der Waals surface area contributed by atoms with Gasteiger partial charge in [-0.15, -0.1) is 0 Å². The lowest BCUT2D eigenvalue weighted by Crippen LogP contribution is -2.04. The van der Waals surface area contributed by atoms with Gasteiger partial charge in [0.05, 0.1) is 7.11 Å². The highest BCUT2D eigenvalue weighted by Crippen LogP contribution is 2.35. The molecule has 2 aromatic heterocycles. The van der Waals surface area contributed by atoms with Gasteiger partial charge in [0.2, 0.25) is 0 Å². The van der Waals surface area contributed by atoms with E-state index in [0.29, 0.717) is 0 Å². The number of fused-ring (bicyclic) bond motifs is 1. The molecule has 0 radical (unpaired) electrons. The molecule has 0 aliphatic carbocycles. The van der Waals surface area contributed by atoms with E-state index >= 15 is 0 Å². The van der Waals surface area contributed by atoms with Crippen LogP contribution in [0.25, 0.3) is 27.9 Å². The molecular weight excluding hydrogens is 286 g/mol. The number of H-pyrrole nitrogens is 1. The van der Waals surface area contributed by atoms with E-state index in [-0.39, 0.29) is 0 Å². The molecule has 4 nitrogen and oxygen atoms in total. The molecule has 2 N–H and O–H groups in total. The van der Waals surface area contributed by atoms with Gasteiger partial charge in [0, 0.05) is 47.2 Å². The third-order valence-corrected chi connectivity index (χ3v) is 3.79. The van der Waals surface area contributed by atoms with Gasteiger partial charge in [0.25, 0.3) is 0 Å². The summed E-state index contributed by atoms with van der Waals surface area (Å²) >= 11 is 0. The second-order valence-corrected chi connectivity index (χ2v) is 5.09. The lowest BCUT2D eigenvalue weighted by Gasteiger charge is -2.09. The molecule has 23 heavy (non-hydrogen) atoms. The summed E-state index contributed by atoms with van der Waals surface area (Å²) in [7, 11) is 3.57. The normalized spacial score (nSPS) is 11.5. The zero-order chi connectivity index (χ0) is 16.2. The fourth-order valence-corrected chi connectivity index (χ4v) is 2.68. The lowest BCUT2D eigenvalue weighted by atomic mass is 10.0. The Bertz CT molecular complexity index is 877. The number of para-hydroxylation sites is 1. The second kappa shape index (κ2) is 6.40. The number of allylic oxidation sites excluding steroid dienone is 2. The van der Waals surface area contributed by atoms with Gasteiger partial charge in [-0.1, -0.05) is 30.9 Å². The molecule has 0 aliphatic rings. The molecule has 116 valence electrons. The van der Waals surface area contributed by atoms with E-state index in [9.17, 15) is 0 Å². The van der Waals surface area contributed by atoms with Crippen LogP contribution in [0.3, 0.4) is 0 Å². The first-order valence-corrected chi connectivity index (χ1v) is 7.40. The number of nitrogens with one attached hydrogen (secondary N) is 2. The maximum Gasteiger partial charge on any atom is 0.137 e. The van der Waals surface area contributed by atoms with Gasteiger partial charge in [-0.2, -0.15) is 0 Å². The number of hydrogen-bond acceptors (Lipinski definition) is 3. The van der Waals surface area contributed by atoms with Crippen molar-refractivity contribution in [1.29, 1.82) is 0 Å². The molecule has 0 saturated heterocycles. The first kappa shape index (κ1) is 14.9. The van der Waals surface area contributed by atoms with E-state index in [1.165, 1.54) is 0 Å². The van der Waals surface area contributed by atoms with Crippen LogP contribution in [0, 0.1) is 0 Å². The van der Waals surface area contributed by atoms with Crippen LogP contribution in [0.15, 0.2) is 61.5 Å². The molecule has 0 unspecified atom stereocenters. The Morgan fingerprint density at radius 3 is 2.87 bits per heavy atom. The summed E-state index contributed by atoms with van der Waals surface area (Å²) in [5.74, 6) is 0.842. The molecule has 2 heterocycles. The number of hydrogen-bond donors (Lipinski definition) is 2. The molecule has 3 aromatic rings. The Morgan fingerprint density at radius 2 is 2.13 bits per heavy atom. The van der Waals surface area contributed by atoms with Crippen LogP contribution in [0.5, 0.6) is 5.75 Å². The predicted octanol–water partition coefficient (Wildman–Crippen LogP) is 3.98. The van der Waals surface area contributed by atoms with Gasteiger partial charge in [-0.05, 0) is 18.2 Å². The Kier molecular flexibility index (Phi) is 4.15. The van der Waals surface area contributed by atoms with Crippen molar-refractivity contribution in [2.24, 2.45) is 0 Å². The monoisotopic (exact) mass is 305 g/mol. The van der Waals surface area contributed by atoms with E-state index in [4.69, 9.17) is 4.74 Å². The minimum Gasteiger partial charge on any atom is -0.496 e. The summed E-state index contributed by atoms with van der Waals surface area (Å²) in [6.45, 7) is 3.75. The summed E-state index contributed by atoms with van der Waals surface area (Å²) in [6.07, 6.45) is 7.50. The van der Waals surface area contributed by atoms with E-state index in [2.05, 4.69) is 27.9 Å². The molecule has 0 spiro atoms. The van der Waals surface area contributed by atoms with Crippen molar-refractivity contribution in [3.05, 3.63) is 67.0 Å². The molecule has 0 fully saturated rings. The number of aromatic amines is 1. The molecular formula is C19H19N3O. The van der Waals surface area contributed by atoms with Gasteiger partial charge in [-0.25, -0.2) is 4.98 Å². The largest absolute Gasteiger partial charge is 0.496 e. The van der Waals surface area contributed by atoms with E-state index in [1.807, 2.05) is 49.8 Å². The number of ether oxygens (including phenoxy) is 1. The minimum absolute atomic E-state index is 0.842. The standard InChI is InChI=1S/C19H19N3O/c1-4-7-17(20-2)13-10-15-16(12-22-19(15)21-11-13)14-8-5-6-9-18(14)23-3/h4-12,20H,1H2,2-3H3,(H,21,22)/b17-7-. The average Bonchev–Trinajstić information content (AvgIpc) is 3.02. The topological polar surface area (TPSA) is 49.9 Å². The number of benzene rings is 1. The Balaban J connectivity index is 2.19. The highest BCUT2D eigenvalue weighted by atomic mass is 16.5. The van der Waals surface area contributed by atoms with Crippen molar-refractivity contribution < 1.29 is 4.74 Å². The zero-order valence-corrected chi connectivity index (χ0v) is 13.3. The van der Waals surface area contributed by atoms with Crippen molar-refractivity contribution in [2.45, 2.75) is 0 Å². The van der Waals surface area contributed by atoms with Crippen LogP contribution in [-0.4, -0.2) is 24.1 Å². The summed E-state index contributed by atoms with van der Waals surface area (Å²) in [5.41, 5.74) is 4.95. The van der Waals surface area contributed by atoms with Crippen molar-refractivity contribution in [1.82, 2.24) is 15.3 Å². The summed E-state index contributed by atoms with van der Waals surface area (Å²) < 4.78 is 5.48. The van der Waals surface area contributed by atoms with Gasteiger partial charge in [0.1, 0.15) is 11.4 Å². The van der Waals surface area contributed by atoms with Crippen LogP contribution in [0.4, 0.5) is 0 Å². The number of rotatable bonds is 5. The van der Waals surface area contributed by atoms with Crippen LogP contribution in [0.2, 0.25) is 0 Å². The summed E-state index contributed by atoms with van der Waals surface area (Å²) in [4.78, 5) is 7.75. The molecule has 0 saturated carbocycles. The molecule has 4 heteroatoms. The van der Waals surface area contributed by atoms with E-state index in [0.717, 1.165) is 39.2 Å². The number of pyridine rings is 1. The Morgan fingerprint density at radius 1 is 1.30 bits per heavy atom. The molecule has 3 rings (SSSR count). The third-order valence-electron chi connectivity index (χ3n) is 3.79. The fourth-order valence-electron chi connectivity index (χ4n) is 2.68. The molecule has 1 aromatic carbocycles.